The van der Waals surface area contributed by atoms with Crippen LogP contribution in [0.2, 0.25) is 0 Å². The van der Waals surface area contributed by atoms with Crippen LogP contribution >= 0.6 is 0 Å². The Kier molecular flexibility index (Phi) is 15.9. The summed E-state index contributed by atoms with van der Waals surface area (Å²) in [7, 11) is 2.17. The SMILES string of the molecule is C/C=C\c1c(C)cn(CCCC=O)c1/C=C(\C)CN(C(C)=O)C1CC1.CC(C)(C)OC(=O)N1CCOCC1.CN1CCCC1. The second-order valence-electron chi connectivity index (χ2n) is 13.1. The van der Waals surface area contributed by atoms with Crippen LogP contribution in [0.1, 0.15) is 96.9 Å². The molecule has 9 heteroatoms. The van der Waals surface area contributed by atoms with Gasteiger partial charge in [-0.1, -0.05) is 17.7 Å². The van der Waals surface area contributed by atoms with Crippen LogP contribution in [-0.2, 0) is 25.6 Å². The predicted molar refractivity (Wildman–Crippen MR) is 179 cm³/mol. The standard InChI is InChI=1S/C21H30N2O2.C9H17NO3.C5H11N/c1-5-8-20-17(3)15-22(11-6-7-12-24)21(20)13-16(2)14-23(18(4)25)19-9-10-19;1-9(2,3)13-8(11)10-4-6-12-7-5-10;1-6-4-2-3-5-6/h5,8,12-13,15,19H,6-7,9-11,14H2,1-4H3;4-7H2,1-3H3;2-5H2,1H3/b8-5-,16-13+;;. The molecule has 0 aromatic carbocycles. The van der Waals surface area contributed by atoms with Crippen LogP contribution in [0.4, 0.5) is 4.79 Å². The highest BCUT2D eigenvalue weighted by atomic mass is 16.6. The zero-order chi connectivity index (χ0) is 32.7. The van der Waals surface area contributed by atoms with Crippen molar-refractivity contribution >= 4 is 30.4 Å². The predicted octanol–water partition coefficient (Wildman–Crippen LogP) is 6.19. The van der Waals surface area contributed by atoms with Crippen molar-refractivity contribution < 1.29 is 23.9 Å². The van der Waals surface area contributed by atoms with Crippen LogP contribution in [0.3, 0.4) is 0 Å². The Bertz CT molecular complexity index is 1100. The van der Waals surface area contributed by atoms with E-state index in [1.165, 1.54) is 48.3 Å². The third kappa shape index (κ3) is 13.8. The van der Waals surface area contributed by atoms with Crippen LogP contribution in [-0.4, -0.2) is 102 Å². The normalized spacial score (nSPS) is 17.5. The first kappa shape index (κ1) is 37.3. The highest BCUT2D eigenvalue weighted by Gasteiger charge is 2.30. The maximum absolute atomic E-state index is 11.9. The first-order chi connectivity index (χ1) is 20.9. The molecule has 0 unspecified atom stereocenters. The maximum Gasteiger partial charge on any atom is 0.410 e. The largest absolute Gasteiger partial charge is 0.444 e. The minimum absolute atomic E-state index is 0.154. The van der Waals surface area contributed by atoms with E-state index in [1.54, 1.807) is 11.8 Å². The molecule has 1 aliphatic carbocycles. The van der Waals surface area contributed by atoms with E-state index in [9.17, 15) is 14.4 Å². The zero-order valence-corrected chi connectivity index (χ0v) is 28.7. The molecule has 44 heavy (non-hydrogen) atoms. The summed E-state index contributed by atoms with van der Waals surface area (Å²) in [5, 5.41) is 0. The van der Waals surface area contributed by atoms with Crippen molar-refractivity contribution in [2.75, 3.05) is 53.0 Å². The highest BCUT2D eigenvalue weighted by Crippen LogP contribution is 2.28. The number of carbonyl (C=O) groups excluding carboxylic acids is 3. The lowest BCUT2D eigenvalue weighted by Gasteiger charge is -2.29. The van der Waals surface area contributed by atoms with Gasteiger partial charge >= 0.3 is 6.09 Å². The van der Waals surface area contributed by atoms with E-state index in [-0.39, 0.29) is 12.0 Å². The molecule has 4 rings (SSSR count). The minimum Gasteiger partial charge on any atom is -0.444 e. The number of aromatic nitrogens is 1. The van der Waals surface area contributed by atoms with Crippen molar-refractivity contribution in [2.24, 2.45) is 0 Å². The van der Waals surface area contributed by atoms with E-state index in [0.29, 0.717) is 45.3 Å². The topological polar surface area (TPSA) is 84.3 Å². The van der Waals surface area contributed by atoms with Gasteiger partial charge in [-0.2, -0.15) is 0 Å². The van der Waals surface area contributed by atoms with Gasteiger partial charge in [0.05, 0.1) is 13.2 Å². The molecule has 0 bridgehead atoms. The van der Waals surface area contributed by atoms with Crippen LogP contribution in [0.25, 0.3) is 12.2 Å². The average Bonchev–Trinajstić information content (AvgIpc) is 3.62. The van der Waals surface area contributed by atoms with E-state index in [0.717, 1.165) is 32.1 Å². The highest BCUT2D eigenvalue weighted by molar-refractivity contribution is 5.75. The lowest BCUT2D eigenvalue weighted by atomic mass is 10.1. The number of allylic oxidation sites excluding steroid dienone is 1. The Morgan fingerprint density at radius 3 is 2.20 bits per heavy atom. The summed E-state index contributed by atoms with van der Waals surface area (Å²) >= 11 is 0. The first-order valence-corrected chi connectivity index (χ1v) is 16.3. The van der Waals surface area contributed by atoms with E-state index >= 15 is 0 Å². The van der Waals surface area contributed by atoms with Gasteiger partial charge in [0.2, 0.25) is 5.91 Å². The van der Waals surface area contributed by atoms with E-state index in [2.05, 4.69) is 54.8 Å². The average molecular weight is 615 g/mol. The number of likely N-dealkylation sites (tertiary alicyclic amines) is 1. The fraction of sp³-hybridized carbons (Fsp3) is 0.686. The molecule has 3 aliphatic rings. The molecule has 0 radical (unpaired) electrons. The summed E-state index contributed by atoms with van der Waals surface area (Å²) in [4.78, 5) is 40.0. The molecule has 3 heterocycles. The number of rotatable bonds is 9. The number of aldehydes is 1. The summed E-state index contributed by atoms with van der Waals surface area (Å²) in [5.74, 6) is 0.154. The first-order valence-electron chi connectivity index (χ1n) is 16.3. The molecule has 1 aromatic rings. The maximum atomic E-state index is 11.9. The molecule has 2 aliphatic heterocycles. The van der Waals surface area contributed by atoms with Crippen molar-refractivity contribution in [1.82, 2.24) is 19.3 Å². The van der Waals surface area contributed by atoms with Gasteiger partial charge in [-0.25, -0.2) is 4.79 Å². The van der Waals surface area contributed by atoms with Crippen LogP contribution in [0, 0.1) is 6.92 Å². The quantitative estimate of drug-likeness (QED) is 0.244. The zero-order valence-electron chi connectivity index (χ0n) is 28.7. The van der Waals surface area contributed by atoms with Gasteiger partial charge in [-0.05, 0) is 105 Å². The molecule has 2 saturated heterocycles. The van der Waals surface area contributed by atoms with Crippen LogP contribution in [0.5, 0.6) is 0 Å². The molecule has 248 valence electrons. The Morgan fingerprint density at radius 1 is 1.09 bits per heavy atom. The number of ether oxygens (including phenoxy) is 2. The molecular weight excluding hydrogens is 556 g/mol. The van der Waals surface area contributed by atoms with Gasteiger partial charge < -0.3 is 33.5 Å². The van der Waals surface area contributed by atoms with Crippen LogP contribution in [0.15, 0.2) is 17.8 Å². The molecule has 0 spiro atoms. The van der Waals surface area contributed by atoms with Crippen molar-refractivity contribution in [2.45, 2.75) is 105 Å². The van der Waals surface area contributed by atoms with Crippen LogP contribution < -0.4 is 0 Å². The number of hydrogen-bond donors (Lipinski definition) is 0. The smallest absolute Gasteiger partial charge is 0.410 e. The van der Waals surface area contributed by atoms with Crippen molar-refractivity contribution in [3.63, 3.8) is 0 Å². The van der Waals surface area contributed by atoms with Crippen molar-refractivity contribution in [1.29, 1.82) is 0 Å². The van der Waals surface area contributed by atoms with E-state index in [4.69, 9.17) is 9.47 Å². The number of unbranched alkanes of at least 4 members (excludes halogenated alkanes) is 1. The number of carbonyl (C=O) groups is 3. The minimum atomic E-state index is -0.407. The second kappa shape index (κ2) is 18.8. The fourth-order valence-corrected chi connectivity index (χ4v) is 5.18. The lowest BCUT2D eigenvalue weighted by Crippen LogP contribution is -2.43. The molecule has 1 saturated carbocycles. The molecule has 9 nitrogen and oxygen atoms in total. The number of nitrogens with zero attached hydrogens (tertiary/aromatic N) is 4. The molecule has 0 N–H and O–H groups in total. The van der Waals surface area contributed by atoms with Gasteiger partial charge in [-0.3, -0.25) is 4.79 Å². The number of hydrogen-bond acceptors (Lipinski definition) is 6. The second-order valence-corrected chi connectivity index (χ2v) is 13.1. The lowest BCUT2D eigenvalue weighted by molar-refractivity contribution is -0.129. The Morgan fingerprint density at radius 2 is 1.73 bits per heavy atom. The monoisotopic (exact) mass is 614 g/mol. The molecular formula is C35H58N4O5. The molecule has 0 atom stereocenters. The van der Waals surface area contributed by atoms with Gasteiger partial charge in [-0.15, -0.1) is 0 Å². The molecule has 1 aromatic heterocycles. The number of aryl methyl sites for hydroxylation is 2. The van der Waals surface area contributed by atoms with Gasteiger partial charge in [0, 0.05) is 63.0 Å². The van der Waals surface area contributed by atoms with Crippen molar-refractivity contribution in [3.05, 3.63) is 34.7 Å². The summed E-state index contributed by atoms with van der Waals surface area (Å²) in [6, 6.07) is 0.428. The van der Waals surface area contributed by atoms with Gasteiger partial charge in [0.25, 0.3) is 0 Å². The molecule has 3 fully saturated rings. The summed E-state index contributed by atoms with van der Waals surface area (Å²) in [5.41, 5.74) is 4.39. The summed E-state index contributed by atoms with van der Waals surface area (Å²) < 4.78 is 12.6. The van der Waals surface area contributed by atoms with Gasteiger partial charge in [0.15, 0.2) is 0 Å². The van der Waals surface area contributed by atoms with E-state index in [1.807, 2.05) is 32.6 Å². The third-order valence-electron chi connectivity index (χ3n) is 7.60. The third-order valence-corrected chi connectivity index (χ3v) is 7.60. The number of morpholine rings is 1. The number of amides is 2. The van der Waals surface area contributed by atoms with E-state index < -0.39 is 5.60 Å². The Labute approximate surface area is 266 Å². The molecule has 2 amide bonds. The van der Waals surface area contributed by atoms with Crippen molar-refractivity contribution in [3.8, 4) is 0 Å². The Balaban J connectivity index is 0.000000292. The Hall–Kier alpha value is -2.91. The van der Waals surface area contributed by atoms with Gasteiger partial charge in [0.1, 0.15) is 11.9 Å². The summed E-state index contributed by atoms with van der Waals surface area (Å²) in [6.07, 6.45) is 15.8. The fourth-order valence-electron chi connectivity index (χ4n) is 5.18. The summed E-state index contributed by atoms with van der Waals surface area (Å²) in [6.45, 7) is 20.1.